The average Bonchev–Trinajstić information content (AvgIpc) is 2.61. The van der Waals surface area contributed by atoms with E-state index in [1.807, 2.05) is 44.2 Å². The Labute approximate surface area is 142 Å². The van der Waals surface area contributed by atoms with Crippen LogP contribution in [0.3, 0.4) is 0 Å². The van der Waals surface area contributed by atoms with Crippen molar-refractivity contribution in [1.82, 2.24) is 10.3 Å². The van der Waals surface area contributed by atoms with Crippen LogP contribution in [0.15, 0.2) is 36.5 Å². The zero-order valence-electron chi connectivity index (χ0n) is 14.2. The standard InChI is InChI=1S/C19H23N3O2/c1-14-3-4-17(15(2)11-14)19(23)21-13-16-5-6-20-18(12-16)22-7-9-24-10-8-22/h3-6,11-12H,7-10,13H2,1-2H3,(H,21,23). The lowest BCUT2D eigenvalue weighted by Gasteiger charge is -2.28. The van der Waals surface area contributed by atoms with Gasteiger partial charge in [0.2, 0.25) is 0 Å². The molecule has 5 heteroatoms. The number of aromatic nitrogens is 1. The molecule has 0 radical (unpaired) electrons. The van der Waals surface area contributed by atoms with Crippen LogP contribution in [0.5, 0.6) is 0 Å². The molecule has 1 aromatic heterocycles. The molecule has 1 aliphatic heterocycles. The van der Waals surface area contributed by atoms with Crippen LogP contribution in [0.2, 0.25) is 0 Å². The summed E-state index contributed by atoms with van der Waals surface area (Å²) in [5.74, 6) is 0.897. The molecule has 0 spiro atoms. The fraction of sp³-hybridized carbons (Fsp3) is 0.368. The maximum Gasteiger partial charge on any atom is 0.251 e. The summed E-state index contributed by atoms with van der Waals surface area (Å²) >= 11 is 0. The van der Waals surface area contributed by atoms with Crippen LogP contribution in [0.1, 0.15) is 27.0 Å². The first-order chi connectivity index (χ1) is 11.6. The zero-order valence-corrected chi connectivity index (χ0v) is 14.2. The van der Waals surface area contributed by atoms with E-state index < -0.39 is 0 Å². The number of carbonyl (C=O) groups is 1. The molecular formula is C19H23N3O2. The lowest BCUT2D eigenvalue weighted by Crippen LogP contribution is -2.36. The number of aryl methyl sites for hydroxylation is 2. The van der Waals surface area contributed by atoms with Gasteiger partial charge in [-0.15, -0.1) is 0 Å². The monoisotopic (exact) mass is 325 g/mol. The Bertz CT molecular complexity index is 724. The van der Waals surface area contributed by atoms with Crippen molar-refractivity contribution in [3.05, 3.63) is 58.8 Å². The van der Waals surface area contributed by atoms with E-state index in [0.29, 0.717) is 6.54 Å². The van der Waals surface area contributed by atoms with E-state index in [-0.39, 0.29) is 5.91 Å². The molecule has 0 aliphatic carbocycles. The summed E-state index contributed by atoms with van der Waals surface area (Å²) in [7, 11) is 0. The van der Waals surface area contributed by atoms with Gasteiger partial charge >= 0.3 is 0 Å². The lowest BCUT2D eigenvalue weighted by atomic mass is 10.1. The normalized spacial score (nSPS) is 14.5. The van der Waals surface area contributed by atoms with Crippen molar-refractivity contribution < 1.29 is 9.53 Å². The van der Waals surface area contributed by atoms with Gasteiger partial charge in [-0.25, -0.2) is 4.98 Å². The summed E-state index contributed by atoms with van der Waals surface area (Å²) in [5.41, 5.74) is 3.93. The zero-order chi connectivity index (χ0) is 16.9. The van der Waals surface area contributed by atoms with Crippen LogP contribution in [0.25, 0.3) is 0 Å². The van der Waals surface area contributed by atoms with Crippen molar-refractivity contribution >= 4 is 11.7 Å². The van der Waals surface area contributed by atoms with Crippen molar-refractivity contribution in [3.63, 3.8) is 0 Å². The highest BCUT2D eigenvalue weighted by Gasteiger charge is 2.13. The second kappa shape index (κ2) is 7.45. The molecule has 1 aromatic carbocycles. The number of pyridine rings is 1. The first-order valence-electron chi connectivity index (χ1n) is 8.26. The number of hydrogen-bond donors (Lipinski definition) is 1. The molecule has 0 saturated carbocycles. The molecule has 1 N–H and O–H groups in total. The van der Waals surface area contributed by atoms with Crippen molar-refractivity contribution in [1.29, 1.82) is 0 Å². The van der Waals surface area contributed by atoms with Gasteiger partial charge in [0, 0.05) is 31.4 Å². The first kappa shape index (κ1) is 16.5. The quantitative estimate of drug-likeness (QED) is 0.938. The molecule has 1 amide bonds. The molecule has 1 fully saturated rings. The highest BCUT2D eigenvalue weighted by atomic mass is 16.5. The number of carbonyl (C=O) groups excluding carboxylic acids is 1. The van der Waals surface area contributed by atoms with E-state index in [1.165, 1.54) is 0 Å². The molecular weight excluding hydrogens is 302 g/mol. The molecule has 1 aliphatic rings. The molecule has 1 saturated heterocycles. The van der Waals surface area contributed by atoms with Gasteiger partial charge in [0.15, 0.2) is 0 Å². The smallest absolute Gasteiger partial charge is 0.251 e. The van der Waals surface area contributed by atoms with Crippen molar-refractivity contribution in [2.75, 3.05) is 31.2 Å². The molecule has 5 nitrogen and oxygen atoms in total. The maximum atomic E-state index is 12.4. The summed E-state index contributed by atoms with van der Waals surface area (Å²) in [6.07, 6.45) is 1.80. The number of nitrogens with one attached hydrogen (secondary N) is 1. The van der Waals surface area contributed by atoms with Gasteiger partial charge in [-0.05, 0) is 43.2 Å². The third kappa shape index (κ3) is 3.92. The Morgan fingerprint density at radius 3 is 2.75 bits per heavy atom. The van der Waals surface area contributed by atoms with Crippen molar-refractivity contribution in [2.24, 2.45) is 0 Å². The van der Waals surface area contributed by atoms with Gasteiger partial charge < -0.3 is 15.0 Å². The molecule has 0 bridgehead atoms. The van der Waals surface area contributed by atoms with Gasteiger partial charge in [0.05, 0.1) is 13.2 Å². The van der Waals surface area contributed by atoms with Crippen LogP contribution < -0.4 is 10.2 Å². The number of morpholine rings is 1. The predicted molar refractivity (Wildman–Crippen MR) is 94.4 cm³/mol. The molecule has 126 valence electrons. The van der Waals surface area contributed by atoms with Crippen molar-refractivity contribution in [3.8, 4) is 0 Å². The van der Waals surface area contributed by atoms with Crippen LogP contribution in [-0.2, 0) is 11.3 Å². The summed E-state index contributed by atoms with van der Waals surface area (Å²) in [5, 5.41) is 3.00. The highest BCUT2D eigenvalue weighted by Crippen LogP contribution is 2.15. The van der Waals surface area contributed by atoms with Crippen LogP contribution in [0, 0.1) is 13.8 Å². The van der Waals surface area contributed by atoms with Gasteiger partial charge in [-0.3, -0.25) is 4.79 Å². The Kier molecular flexibility index (Phi) is 5.11. The minimum atomic E-state index is -0.0442. The maximum absolute atomic E-state index is 12.4. The SMILES string of the molecule is Cc1ccc(C(=O)NCc2ccnc(N3CCOCC3)c2)c(C)c1. The molecule has 0 unspecified atom stereocenters. The van der Waals surface area contributed by atoms with E-state index in [4.69, 9.17) is 4.74 Å². The second-order valence-corrected chi connectivity index (χ2v) is 6.12. The van der Waals surface area contributed by atoms with Gasteiger partial charge in [-0.1, -0.05) is 17.7 Å². The molecule has 0 atom stereocenters. The van der Waals surface area contributed by atoms with Crippen molar-refractivity contribution in [2.45, 2.75) is 20.4 Å². The minimum Gasteiger partial charge on any atom is -0.378 e. The predicted octanol–water partition coefficient (Wildman–Crippen LogP) is 2.47. The number of hydrogen-bond acceptors (Lipinski definition) is 4. The Morgan fingerprint density at radius 1 is 1.21 bits per heavy atom. The Balaban J connectivity index is 1.64. The van der Waals surface area contributed by atoms with E-state index in [1.54, 1.807) is 6.20 Å². The number of nitrogens with zero attached hydrogens (tertiary/aromatic N) is 2. The number of anilines is 1. The molecule has 3 rings (SSSR count). The number of ether oxygens (including phenoxy) is 1. The van der Waals surface area contributed by atoms with Crippen LogP contribution in [-0.4, -0.2) is 37.2 Å². The number of amides is 1. The number of benzene rings is 1. The Hall–Kier alpha value is -2.40. The largest absolute Gasteiger partial charge is 0.378 e. The lowest BCUT2D eigenvalue weighted by molar-refractivity contribution is 0.0950. The van der Waals surface area contributed by atoms with Crippen LogP contribution >= 0.6 is 0 Å². The fourth-order valence-electron chi connectivity index (χ4n) is 2.88. The van der Waals surface area contributed by atoms with Gasteiger partial charge in [0.25, 0.3) is 5.91 Å². The van der Waals surface area contributed by atoms with E-state index in [2.05, 4.69) is 15.2 Å². The Morgan fingerprint density at radius 2 is 2.00 bits per heavy atom. The molecule has 2 heterocycles. The van der Waals surface area contributed by atoms with Crippen LogP contribution in [0.4, 0.5) is 5.82 Å². The summed E-state index contributed by atoms with van der Waals surface area (Å²) < 4.78 is 5.37. The molecule has 2 aromatic rings. The van der Waals surface area contributed by atoms with E-state index >= 15 is 0 Å². The average molecular weight is 325 g/mol. The fourth-order valence-corrected chi connectivity index (χ4v) is 2.88. The first-order valence-corrected chi connectivity index (χ1v) is 8.26. The minimum absolute atomic E-state index is 0.0442. The van der Waals surface area contributed by atoms with E-state index in [9.17, 15) is 4.79 Å². The second-order valence-electron chi connectivity index (χ2n) is 6.12. The summed E-state index contributed by atoms with van der Waals surface area (Å²) in [6, 6.07) is 9.84. The highest BCUT2D eigenvalue weighted by molar-refractivity contribution is 5.95. The van der Waals surface area contributed by atoms with Gasteiger partial charge in [0.1, 0.15) is 5.82 Å². The summed E-state index contributed by atoms with van der Waals surface area (Å²) in [4.78, 5) is 19.0. The third-order valence-electron chi connectivity index (χ3n) is 4.22. The van der Waals surface area contributed by atoms with Gasteiger partial charge in [-0.2, -0.15) is 0 Å². The summed E-state index contributed by atoms with van der Waals surface area (Å²) in [6.45, 7) is 7.65. The third-order valence-corrected chi connectivity index (χ3v) is 4.22. The molecule has 24 heavy (non-hydrogen) atoms. The van der Waals surface area contributed by atoms with E-state index in [0.717, 1.165) is 54.4 Å². The number of rotatable bonds is 4. The topological polar surface area (TPSA) is 54.5 Å².